The second-order valence-corrected chi connectivity index (χ2v) is 3.88. The summed E-state index contributed by atoms with van der Waals surface area (Å²) >= 11 is 5.30. The van der Waals surface area contributed by atoms with Crippen LogP contribution in [0.1, 0.15) is 11.3 Å². The molecule has 0 amide bonds. The van der Waals surface area contributed by atoms with Crippen LogP contribution in [0, 0.1) is 11.3 Å². The van der Waals surface area contributed by atoms with Gasteiger partial charge in [-0.25, -0.2) is 4.39 Å². The maximum atomic E-state index is 12.9. The van der Waals surface area contributed by atoms with E-state index in [1.54, 1.807) is 0 Å². The molecule has 0 aliphatic heterocycles. The van der Waals surface area contributed by atoms with E-state index in [4.69, 9.17) is 16.9 Å². The molecule has 1 aromatic heterocycles. The number of hydrogen-bond acceptors (Lipinski definition) is 2. The molecule has 2 nitrogen and oxygen atoms in total. The summed E-state index contributed by atoms with van der Waals surface area (Å²) in [6, 6.07) is 4.71. The topological polar surface area (TPSA) is 36.7 Å². The molecular formula is C7H5ClFN2P. The van der Waals surface area contributed by atoms with E-state index in [2.05, 4.69) is 4.98 Å². The predicted octanol–water partition coefficient (Wildman–Crippen LogP) is 2.15. The van der Waals surface area contributed by atoms with E-state index in [-0.39, 0.29) is 5.69 Å². The van der Waals surface area contributed by atoms with Gasteiger partial charge in [-0.05, 0) is 12.1 Å². The fourth-order valence-electron chi connectivity index (χ4n) is 0.657. The lowest BCUT2D eigenvalue weighted by molar-refractivity contribution is 0.405. The van der Waals surface area contributed by atoms with Crippen molar-refractivity contribution in [3.8, 4) is 6.07 Å². The Labute approximate surface area is 76.6 Å². The zero-order valence-electron chi connectivity index (χ0n) is 5.96. The SMILES string of the molecule is N#Cc1ccc(C(F)(P)Cl)nc1. The van der Waals surface area contributed by atoms with Gasteiger partial charge >= 0.3 is 0 Å². The first kappa shape index (κ1) is 9.38. The highest BCUT2D eigenvalue weighted by Crippen LogP contribution is 2.35. The fraction of sp³-hybridized carbons (Fsp3) is 0.143. The van der Waals surface area contributed by atoms with Gasteiger partial charge in [-0.3, -0.25) is 4.98 Å². The van der Waals surface area contributed by atoms with Gasteiger partial charge in [0, 0.05) is 6.20 Å². The molecule has 0 bridgehead atoms. The van der Waals surface area contributed by atoms with Gasteiger partial charge in [0.15, 0.2) is 0 Å². The van der Waals surface area contributed by atoms with Crippen LogP contribution in [-0.4, -0.2) is 4.98 Å². The van der Waals surface area contributed by atoms with E-state index in [1.165, 1.54) is 18.3 Å². The first-order valence-electron chi connectivity index (χ1n) is 3.07. The highest BCUT2D eigenvalue weighted by Gasteiger charge is 2.23. The maximum Gasteiger partial charge on any atom is 0.237 e. The molecule has 12 heavy (non-hydrogen) atoms. The van der Waals surface area contributed by atoms with Crippen LogP contribution in [0.5, 0.6) is 0 Å². The molecular weight excluding hydrogens is 198 g/mol. The predicted molar refractivity (Wildman–Crippen MR) is 47.3 cm³/mol. The zero-order valence-corrected chi connectivity index (χ0v) is 7.87. The Hall–Kier alpha value is -0.710. The highest BCUT2D eigenvalue weighted by atomic mass is 35.5. The van der Waals surface area contributed by atoms with Crippen molar-refractivity contribution in [3.05, 3.63) is 29.6 Å². The minimum Gasteiger partial charge on any atom is -0.255 e. The monoisotopic (exact) mass is 202 g/mol. The maximum absolute atomic E-state index is 12.9. The quantitative estimate of drug-likeness (QED) is 0.517. The van der Waals surface area contributed by atoms with Crippen LogP contribution in [0.3, 0.4) is 0 Å². The van der Waals surface area contributed by atoms with Gasteiger partial charge < -0.3 is 0 Å². The molecule has 0 spiro atoms. The molecule has 5 heteroatoms. The Morgan fingerprint density at radius 3 is 2.67 bits per heavy atom. The molecule has 1 heterocycles. The molecule has 1 rings (SSSR count). The molecule has 0 saturated carbocycles. The summed E-state index contributed by atoms with van der Waals surface area (Å²) < 4.78 is 12.9. The molecule has 62 valence electrons. The van der Waals surface area contributed by atoms with E-state index in [1.807, 2.05) is 15.3 Å². The Bertz CT molecular complexity index is 312. The smallest absolute Gasteiger partial charge is 0.237 e. The number of aromatic nitrogens is 1. The molecule has 0 radical (unpaired) electrons. The van der Waals surface area contributed by atoms with Crippen molar-refractivity contribution in [1.29, 1.82) is 5.26 Å². The number of alkyl halides is 2. The summed E-state index contributed by atoms with van der Waals surface area (Å²) in [4.78, 5) is 1.62. The fourth-order valence-corrected chi connectivity index (χ4v) is 0.940. The van der Waals surface area contributed by atoms with E-state index in [0.29, 0.717) is 5.56 Å². The Balaban J connectivity index is 3.02. The van der Waals surface area contributed by atoms with Gasteiger partial charge in [0.05, 0.1) is 11.3 Å². The van der Waals surface area contributed by atoms with Crippen molar-refractivity contribution >= 4 is 20.8 Å². The van der Waals surface area contributed by atoms with Crippen molar-refractivity contribution in [2.75, 3.05) is 0 Å². The number of halogens is 2. The molecule has 0 aromatic carbocycles. The van der Waals surface area contributed by atoms with Crippen molar-refractivity contribution in [3.63, 3.8) is 0 Å². The molecule has 0 saturated heterocycles. The Morgan fingerprint density at radius 2 is 2.33 bits per heavy atom. The minimum atomic E-state index is -2.05. The third kappa shape index (κ3) is 2.14. The Kier molecular flexibility index (Phi) is 2.62. The van der Waals surface area contributed by atoms with Gasteiger partial charge in [-0.1, -0.05) is 20.8 Å². The number of hydrogen-bond donors (Lipinski definition) is 0. The van der Waals surface area contributed by atoms with Gasteiger partial charge in [0.2, 0.25) is 4.87 Å². The van der Waals surface area contributed by atoms with E-state index < -0.39 is 4.87 Å². The molecule has 2 atom stereocenters. The lowest BCUT2D eigenvalue weighted by Gasteiger charge is -2.09. The highest BCUT2D eigenvalue weighted by molar-refractivity contribution is 7.21. The van der Waals surface area contributed by atoms with Crippen molar-refractivity contribution < 1.29 is 4.39 Å². The van der Waals surface area contributed by atoms with Crippen LogP contribution >= 0.6 is 20.8 Å². The summed E-state index contributed by atoms with van der Waals surface area (Å²) in [7, 11) is 1.81. The average molecular weight is 203 g/mol. The van der Waals surface area contributed by atoms with Crippen molar-refractivity contribution in [2.45, 2.75) is 4.87 Å². The van der Waals surface area contributed by atoms with Gasteiger partial charge in [0.25, 0.3) is 0 Å². The zero-order chi connectivity index (χ0) is 9.19. The van der Waals surface area contributed by atoms with E-state index in [9.17, 15) is 4.39 Å². The summed E-state index contributed by atoms with van der Waals surface area (Å²) in [5.74, 6) is 0. The lowest BCUT2D eigenvalue weighted by atomic mass is 10.3. The number of rotatable bonds is 1. The largest absolute Gasteiger partial charge is 0.255 e. The van der Waals surface area contributed by atoms with Crippen molar-refractivity contribution in [1.82, 2.24) is 4.98 Å². The second-order valence-electron chi connectivity index (χ2n) is 2.17. The average Bonchev–Trinajstić information content (AvgIpc) is 2.03. The summed E-state index contributed by atoms with van der Waals surface area (Å²) in [6.07, 6.45) is 1.27. The van der Waals surface area contributed by atoms with Gasteiger partial charge in [-0.15, -0.1) is 0 Å². The molecule has 2 unspecified atom stereocenters. The minimum absolute atomic E-state index is 0.0770. The van der Waals surface area contributed by atoms with Crippen LogP contribution in [0.15, 0.2) is 18.3 Å². The summed E-state index contributed by atoms with van der Waals surface area (Å²) in [5.41, 5.74) is 0.456. The molecule has 0 fully saturated rings. The van der Waals surface area contributed by atoms with E-state index >= 15 is 0 Å². The Morgan fingerprint density at radius 1 is 1.67 bits per heavy atom. The normalized spacial score (nSPS) is 14.8. The van der Waals surface area contributed by atoms with Gasteiger partial charge in [-0.2, -0.15) is 5.26 Å². The third-order valence-corrected chi connectivity index (χ3v) is 1.72. The van der Waals surface area contributed by atoms with Crippen LogP contribution in [0.25, 0.3) is 0 Å². The summed E-state index contributed by atoms with van der Waals surface area (Å²) in [5, 5.41) is 8.41. The molecule has 0 aliphatic rings. The molecule has 0 aliphatic carbocycles. The number of nitriles is 1. The van der Waals surface area contributed by atoms with E-state index in [0.717, 1.165) is 0 Å². The summed E-state index contributed by atoms with van der Waals surface area (Å²) in [6.45, 7) is 0. The lowest BCUT2D eigenvalue weighted by Crippen LogP contribution is -2.03. The first-order valence-corrected chi connectivity index (χ1v) is 4.03. The van der Waals surface area contributed by atoms with Crippen LogP contribution in [-0.2, 0) is 4.87 Å². The first-order chi connectivity index (χ1) is 5.54. The van der Waals surface area contributed by atoms with Crippen molar-refractivity contribution in [2.24, 2.45) is 0 Å². The van der Waals surface area contributed by atoms with Crippen LogP contribution in [0.2, 0.25) is 0 Å². The number of pyridine rings is 1. The third-order valence-electron chi connectivity index (χ3n) is 1.23. The second kappa shape index (κ2) is 3.35. The molecule has 0 N–H and O–H groups in total. The number of nitrogens with zero attached hydrogens (tertiary/aromatic N) is 2. The standard InChI is InChI=1S/C7H5ClFN2P/c8-7(9,12)6-2-1-5(3-10)4-11-6/h1-2,4H,12H2. The molecule has 1 aromatic rings. The van der Waals surface area contributed by atoms with Crippen LogP contribution < -0.4 is 0 Å². The van der Waals surface area contributed by atoms with Crippen LogP contribution in [0.4, 0.5) is 4.39 Å². The van der Waals surface area contributed by atoms with Gasteiger partial charge in [0.1, 0.15) is 6.07 Å².